The average Bonchev–Trinajstić information content (AvgIpc) is 3.09. The molecule has 0 aromatic heterocycles. The molecular weight excluding hydrogens is 188 g/mol. The SMILES string of the molecule is CCCOc1cccc(C(O)C2CC2)c1. The molecule has 0 aliphatic heterocycles. The first-order valence-electron chi connectivity index (χ1n) is 5.72. The summed E-state index contributed by atoms with van der Waals surface area (Å²) in [5, 5.41) is 9.95. The Bertz CT molecular complexity index is 318. The van der Waals surface area contributed by atoms with Gasteiger partial charge in [-0.1, -0.05) is 19.1 Å². The summed E-state index contributed by atoms with van der Waals surface area (Å²) in [6.45, 7) is 2.83. The van der Waals surface area contributed by atoms with Gasteiger partial charge in [-0.2, -0.15) is 0 Å². The number of ether oxygens (including phenoxy) is 1. The van der Waals surface area contributed by atoms with Gasteiger partial charge in [0.25, 0.3) is 0 Å². The smallest absolute Gasteiger partial charge is 0.119 e. The lowest BCUT2D eigenvalue weighted by atomic mass is 10.1. The van der Waals surface area contributed by atoms with Crippen LogP contribution >= 0.6 is 0 Å². The fourth-order valence-corrected chi connectivity index (χ4v) is 1.69. The number of aliphatic hydroxyl groups is 1. The van der Waals surface area contributed by atoms with Crippen molar-refractivity contribution in [2.24, 2.45) is 5.92 Å². The lowest BCUT2D eigenvalue weighted by Gasteiger charge is -2.11. The first kappa shape index (κ1) is 10.5. The summed E-state index contributed by atoms with van der Waals surface area (Å²) in [7, 11) is 0. The van der Waals surface area contributed by atoms with E-state index < -0.39 is 0 Å². The molecule has 1 saturated carbocycles. The molecule has 1 aromatic rings. The number of aliphatic hydroxyl groups excluding tert-OH is 1. The molecule has 2 heteroatoms. The van der Waals surface area contributed by atoms with Crippen LogP contribution in [0.5, 0.6) is 5.75 Å². The van der Waals surface area contributed by atoms with E-state index in [2.05, 4.69) is 6.92 Å². The first-order chi connectivity index (χ1) is 7.31. The van der Waals surface area contributed by atoms with Gasteiger partial charge < -0.3 is 9.84 Å². The number of hydrogen-bond donors (Lipinski definition) is 1. The lowest BCUT2D eigenvalue weighted by molar-refractivity contribution is 0.153. The fourth-order valence-electron chi connectivity index (χ4n) is 1.69. The molecule has 0 amide bonds. The largest absolute Gasteiger partial charge is 0.494 e. The van der Waals surface area contributed by atoms with E-state index in [0.717, 1.165) is 37.2 Å². The highest BCUT2D eigenvalue weighted by molar-refractivity contribution is 5.30. The Hall–Kier alpha value is -1.02. The van der Waals surface area contributed by atoms with Crippen LogP contribution in [0.4, 0.5) is 0 Å². The van der Waals surface area contributed by atoms with Gasteiger partial charge in [0.1, 0.15) is 5.75 Å². The monoisotopic (exact) mass is 206 g/mol. The van der Waals surface area contributed by atoms with Crippen LogP contribution in [0.25, 0.3) is 0 Å². The standard InChI is InChI=1S/C13H18O2/c1-2-8-15-12-5-3-4-11(9-12)13(14)10-6-7-10/h3-5,9-10,13-14H,2,6-8H2,1H3. The van der Waals surface area contributed by atoms with E-state index >= 15 is 0 Å². The highest BCUT2D eigenvalue weighted by Gasteiger charge is 2.30. The quantitative estimate of drug-likeness (QED) is 0.802. The Morgan fingerprint density at radius 3 is 2.93 bits per heavy atom. The minimum absolute atomic E-state index is 0.296. The van der Waals surface area contributed by atoms with Crippen LogP contribution in [0.15, 0.2) is 24.3 Å². The van der Waals surface area contributed by atoms with E-state index in [4.69, 9.17) is 4.74 Å². The topological polar surface area (TPSA) is 29.5 Å². The van der Waals surface area contributed by atoms with E-state index in [1.165, 1.54) is 0 Å². The predicted molar refractivity (Wildman–Crippen MR) is 59.9 cm³/mol. The van der Waals surface area contributed by atoms with Crippen molar-refractivity contribution in [2.45, 2.75) is 32.3 Å². The summed E-state index contributed by atoms with van der Waals surface area (Å²) in [5.74, 6) is 1.35. The van der Waals surface area contributed by atoms with Crippen LogP contribution in [-0.2, 0) is 0 Å². The molecule has 1 N–H and O–H groups in total. The Morgan fingerprint density at radius 2 is 2.27 bits per heavy atom. The molecule has 15 heavy (non-hydrogen) atoms. The minimum Gasteiger partial charge on any atom is -0.494 e. The summed E-state index contributed by atoms with van der Waals surface area (Å²) < 4.78 is 5.54. The molecule has 1 fully saturated rings. The zero-order chi connectivity index (χ0) is 10.7. The maximum atomic E-state index is 9.95. The zero-order valence-electron chi connectivity index (χ0n) is 9.15. The maximum absolute atomic E-state index is 9.95. The van der Waals surface area contributed by atoms with Crippen LogP contribution in [0, 0.1) is 5.92 Å². The molecule has 0 spiro atoms. The van der Waals surface area contributed by atoms with Crippen molar-refractivity contribution in [3.63, 3.8) is 0 Å². The molecule has 1 aliphatic carbocycles. The van der Waals surface area contributed by atoms with E-state index in [9.17, 15) is 5.11 Å². The Morgan fingerprint density at radius 1 is 1.47 bits per heavy atom. The Balaban J connectivity index is 2.04. The third-order valence-electron chi connectivity index (χ3n) is 2.74. The molecular formula is C13H18O2. The normalized spacial score (nSPS) is 17.5. The number of benzene rings is 1. The Kier molecular flexibility index (Phi) is 3.27. The van der Waals surface area contributed by atoms with Gasteiger partial charge in [0.2, 0.25) is 0 Å². The van der Waals surface area contributed by atoms with E-state index in [1.807, 2.05) is 24.3 Å². The van der Waals surface area contributed by atoms with Gasteiger partial charge in [0.15, 0.2) is 0 Å². The Labute approximate surface area is 90.9 Å². The molecule has 0 saturated heterocycles. The van der Waals surface area contributed by atoms with Crippen molar-refractivity contribution in [2.75, 3.05) is 6.61 Å². The van der Waals surface area contributed by atoms with Crippen molar-refractivity contribution in [3.05, 3.63) is 29.8 Å². The van der Waals surface area contributed by atoms with Gasteiger partial charge in [0.05, 0.1) is 12.7 Å². The summed E-state index contributed by atoms with van der Waals surface area (Å²) in [6.07, 6.45) is 3.02. The summed E-state index contributed by atoms with van der Waals surface area (Å²) in [4.78, 5) is 0. The molecule has 1 atom stereocenters. The number of rotatable bonds is 5. The second-order valence-corrected chi connectivity index (χ2v) is 4.20. The molecule has 0 bridgehead atoms. The van der Waals surface area contributed by atoms with Gasteiger partial charge in [-0.25, -0.2) is 0 Å². The first-order valence-corrected chi connectivity index (χ1v) is 5.72. The third-order valence-corrected chi connectivity index (χ3v) is 2.74. The third kappa shape index (κ3) is 2.72. The van der Waals surface area contributed by atoms with Crippen LogP contribution in [0.1, 0.15) is 37.9 Å². The van der Waals surface area contributed by atoms with Crippen LogP contribution in [0.2, 0.25) is 0 Å². The van der Waals surface area contributed by atoms with Crippen LogP contribution in [-0.4, -0.2) is 11.7 Å². The second kappa shape index (κ2) is 4.67. The van der Waals surface area contributed by atoms with Gasteiger partial charge in [-0.15, -0.1) is 0 Å². The van der Waals surface area contributed by atoms with Gasteiger partial charge in [-0.05, 0) is 42.9 Å². The summed E-state index contributed by atoms with van der Waals surface area (Å²) >= 11 is 0. The highest BCUT2D eigenvalue weighted by Crippen LogP contribution is 2.41. The molecule has 1 unspecified atom stereocenters. The minimum atomic E-state index is -0.296. The fraction of sp³-hybridized carbons (Fsp3) is 0.538. The van der Waals surface area contributed by atoms with Crippen LogP contribution in [0.3, 0.4) is 0 Å². The van der Waals surface area contributed by atoms with Crippen molar-refractivity contribution >= 4 is 0 Å². The molecule has 2 nitrogen and oxygen atoms in total. The maximum Gasteiger partial charge on any atom is 0.119 e. The summed E-state index contributed by atoms with van der Waals surface area (Å²) in [5.41, 5.74) is 0.992. The van der Waals surface area contributed by atoms with Crippen molar-refractivity contribution in [1.29, 1.82) is 0 Å². The molecule has 1 aromatic carbocycles. The molecule has 0 heterocycles. The molecule has 82 valence electrons. The van der Waals surface area contributed by atoms with Gasteiger partial charge >= 0.3 is 0 Å². The average molecular weight is 206 g/mol. The molecule has 1 aliphatic rings. The highest BCUT2D eigenvalue weighted by atomic mass is 16.5. The van der Waals surface area contributed by atoms with Gasteiger partial charge in [-0.3, -0.25) is 0 Å². The van der Waals surface area contributed by atoms with Gasteiger partial charge in [0, 0.05) is 0 Å². The van der Waals surface area contributed by atoms with Crippen LogP contribution < -0.4 is 4.74 Å². The van der Waals surface area contributed by atoms with Crippen molar-refractivity contribution in [3.8, 4) is 5.75 Å². The molecule has 0 radical (unpaired) electrons. The van der Waals surface area contributed by atoms with E-state index in [1.54, 1.807) is 0 Å². The predicted octanol–water partition coefficient (Wildman–Crippen LogP) is 2.92. The van der Waals surface area contributed by atoms with E-state index in [0.29, 0.717) is 5.92 Å². The molecule has 2 rings (SSSR count). The van der Waals surface area contributed by atoms with Crippen molar-refractivity contribution in [1.82, 2.24) is 0 Å². The zero-order valence-corrected chi connectivity index (χ0v) is 9.15. The second-order valence-electron chi connectivity index (χ2n) is 4.20. The van der Waals surface area contributed by atoms with Crippen molar-refractivity contribution < 1.29 is 9.84 Å². The lowest BCUT2D eigenvalue weighted by Crippen LogP contribution is -2.01. The number of hydrogen-bond acceptors (Lipinski definition) is 2. The van der Waals surface area contributed by atoms with E-state index in [-0.39, 0.29) is 6.10 Å². The summed E-state index contributed by atoms with van der Waals surface area (Å²) in [6, 6.07) is 7.82.